The van der Waals surface area contributed by atoms with E-state index in [2.05, 4.69) is 43.6 Å². The topological polar surface area (TPSA) is 42.2 Å². The molecule has 2 atom stereocenters. The van der Waals surface area contributed by atoms with E-state index in [0.29, 0.717) is 6.04 Å². The maximum atomic E-state index is 6.16. The molecule has 2 unspecified atom stereocenters. The van der Waals surface area contributed by atoms with Crippen LogP contribution < -0.4 is 5.73 Å². The van der Waals surface area contributed by atoms with Crippen molar-refractivity contribution >= 4 is 0 Å². The maximum absolute atomic E-state index is 6.16. The summed E-state index contributed by atoms with van der Waals surface area (Å²) < 4.78 is 0. The number of hydrogen-bond acceptors (Lipinski definition) is 3. The molecule has 1 aromatic rings. The van der Waals surface area contributed by atoms with Crippen molar-refractivity contribution in [2.45, 2.75) is 52.2 Å². The molecule has 1 aromatic heterocycles. The summed E-state index contributed by atoms with van der Waals surface area (Å²) in [6.07, 6.45) is 2.98. The minimum atomic E-state index is 0.0823. The van der Waals surface area contributed by atoms with E-state index in [1.165, 1.54) is 0 Å². The molecule has 0 bridgehead atoms. The van der Waals surface area contributed by atoms with Gasteiger partial charge in [0.1, 0.15) is 0 Å². The zero-order valence-electron chi connectivity index (χ0n) is 11.4. The summed E-state index contributed by atoms with van der Waals surface area (Å²) in [5.74, 6) is 0. The summed E-state index contributed by atoms with van der Waals surface area (Å²) in [6, 6.07) is 6.81. The number of nitrogens with zero attached hydrogens (tertiary/aromatic N) is 2. The van der Waals surface area contributed by atoms with Gasteiger partial charge < -0.3 is 5.73 Å². The van der Waals surface area contributed by atoms with E-state index in [-0.39, 0.29) is 12.1 Å². The van der Waals surface area contributed by atoms with Gasteiger partial charge in [0.15, 0.2) is 0 Å². The highest BCUT2D eigenvalue weighted by Gasteiger charge is 2.26. The van der Waals surface area contributed by atoms with Gasteiger partial charge in [0.05, 0.1) is 11.7 Å². The molecule has 17 heavy (non-hydrogen) atoms. The lowest BCUT2D eigenvalue weighted by atomic mass is 10.0. The molecule has 3 heteroatoms. The Hall–Kier alpha value is -0.930. The first-order valence-electron chi connectivity index (χ1n) is 6.50. The SMILES string of the molecule is CCCN(C(C)C)C(c1ccccn1)C(C)N. The Morgan fingerprint density at radius 1 is 1.29 bits per heavy atom. The number of hydrogen-bond donors (Lipinski definition) is 1. The van der Waals surface area contributed by atoms with E-state index < -0.39 is 0 Å². The number of rotatable bonds is 6. The van der Waals surface area contributed by atoms with Crippen LogP contribution in [0.3, 0.4) is 0 Å². The van der Waals surface area contributed by atoms with Gasteiger partial charge in [-0.05, 0) is 45.9 Å². The highest BCUT2D eigenvalue weighted by atomic mass is 15.2. The fraction of sp³-hybridized carbons (Fsp3) is 0.643. The van der Waals surface area contributed by atoms with E-state index in [9.17, 15) is 0 Å². The lowest BCUT2D eigenvalue weighted by molar-refractivity contribution is 0.133. The Kier molecular flexibility index (Phi) is 5.59. The fourth-order valence-electron chi connectivity index (χ4n) is 2.27. The largest absolute Gasteiger partial charge is 0.326 e. The molecule has 1 rings (SSSR count). The quantitative estimate of drug-likeness (QED) is 0.824. The average Bonchev–Trinajstić information content (AvgIpc) is 2.29. The first-order chi connectivity index (χ1) is 8.07. The van der Waals surface area contributed by atoms with E-state index in [0.717, 1.165) is 18.7 Å². The van der Waals surface area contributed by atoms with Gasteiger partial charge in [-0.2, -0.15) is 0 Å². The molecule has 0 fully saturated rings. The minimum Gasteiger partial charge on any atom is -0.326 e. The second kappa shape index (κ2) is 6.72. The Morgan fingerprint density at radius 2 is 2.00 bits per heavy atom. The van der Waals surface area contributed by atoms with Crippen molar-refractivity contribution in [2.75, 3.05) is 6.54 Å². The zero-order chi connectivity index (χ0) is 12.8. The third-order valence-electron chi connectivity index (χ3n) is 2.99. The molecule has 2 N–H and O–H groups in total. The van der Waals surface area contributed by atoms with Crippen LogP contribution in [0.5, 0.6) is 0 Å². The molecular formula is C14H25N3. The van der Waals surface area contributed by atoms with Gasteiger partial charge >= 0.3 is 0 Å². The van der Waals surface area contributed by atoms with Crippen LogP contribution in [0.4, 0.5) is 0 Å². The van der Waals surface area contributed by atoms with E-state index >= 15 is 0 Å². The lowest BCUT2D eigenvalue weighted by Crippen LogP contribution is -2.43. The number of aromatic nitrogens is 1. The smallest absolute Gasteiger partial charge is 0.0673 e. The van der Waals surface area contributed by atoms with Crippen LogP contribution in [0, 0.1) is 0 Å². The highest BCUT2D eigenvalue weighted by Crippen LogP contribution is 2.24. The van der Waals surface area contributed by atoms with Crippen LogP contribution >= 0.6 is 0 Å². The van der Waals surface area contributed by atoms with Gasteiger partial charge in [0.2, 0.25) is 0 Å². The van der Waals surface area contributed by atoms with Crippen molar-refractivity contribution in [3.05, 3.63) is 30.1 Å². The standard InChI is InChI=1S/C14H25N3/c1-5-10-17(11(2)3)14(12(4)15)13-8-6-7-9-16-13/h6-9,11-12,14H,5,10,15H2,1-4H3. The highest BCUT2D eigenvalue weighted by molar-refractivity contribution is 5.11. The van der Waals surface area contributed by atoms with Crippen LogP contribution in [0.15, 0.2) is 24.4 Å². The first kappa shape index (κ1) is 14.1. The molecule has 0 saturated carbocycles. The zero-order valence-corrected chi connectivity index (χ0v) is 11.4. The molecular weight excluding hydrogens is 210 g/mol. The summed E-state index contributed by atoms with van der Waals surface area (Å²) in [5.41, 5.74) is 7.23. The number of pyridine rings is 1. The van der Waals surface area contributed by atoms with Crippen LogP contribution in [0.2, 0.25) is 0 Å². The van der Waals surface area contributed by atoms with Crippen LogP contribution in [-0.2, 0) is 0 Å². The van der Waals surface area contributed by atoms with Gasteiger partial charge in [-0.1, -0.05) is 13.0 Å². The second-order valence-corrected chi connectivity index (χ2v) is 4.89. The molecule has 96 valence electrons. The Morgan fingerprint density at radius 3 is 2.41 bits per heavy atom. The summed E-state index contributed by atoms with van der Waals surface area (Å²) in [5, 5.41) is 0. The molecule has 0 saturated heterocycles. The summed E-state index contributed by atoms with van der Waals surface area (Å²) in [6.45, 7) is 9.75. The molecule has 0 spiro atoms. The van der Waals surface area contributed by atoms with Crippen molar-refractivity contribution in [3.8, 4) is 0 Å². The van der Waals surface area contributed by atoms with Gasteiger partial charge in [0, 0.05) is 18.3 Å². The van der Waals surface area contributed by atoms with Crippen molar-refractivity contribution in [1.29, 1.82) is 0 Å². The predicted molar refractivity (Wildman–Crippen MR) is 72.8 cm³/mol. The van der Waals surface area contributed by atoms with Crippen molar-refractivity contribution in [2.24, 2.45) is 5.73 Å². The summed E-state index contributed by atoms with van der Waals surface area (Å²) in [4.78, 5) is 6.90. The van der Waals surface area contributed by atoms with Gasteiger partial charge in [-0.15, -0.1) is 0 Å². The molecule has 0 aliphatic carbocycles. The molecule has 0 aromatic carbocycles. The maximum Gasteiger partial charge on any atom is 0.0673 e. The average molecular weight is 235 g/mol. The van der Waals surface area contributed by atoms with Crippen LogP contribution in [0.25, 0.3) is 0 Å². The second-order valence-electron chi connectivity index (χ2n) is 4.89. The van der Waals surface area contributed by atoms with Crippen molar-refractivity contribution < 1.29 is 0 Å². The molecule has 0 radical (unpaired) electrons. The Labute approximate surface area is 105 Å². The minimum absolute atomic E-state index is 0.0823. The Balaban J connectivity index is 2.98. The number of nitrogens with two attached hydrogens (primary N) is 1. The molecule has 0 amide bonds. The van der Waals surface area contributed by atoms with Gasteiger partial charge in [-0.3, -0.25) is 9.88 Å². The van der Waals surface area contributed by atoms with Gasteiger partial charge in [-0.25, -0.2) is 0 Å². The van der Waals surface area contributed by atoms with Gasteiger partial charge in [0.25, 0.3) is 0 Å². The Bertz CT molecular complexity index is 309. The fourth-order valence-corrected chi connectivity index (χ4v) is 2.27. The van der Waals surface area contributed by atoms with E-state index in [4.69, 9.17) is 5.73 Å². The molecule has 1 heterocycles. The summed E-state index contributed by atoms with van der Waals surface area (Å²) in [7, 11) is 0. The molecule has 3 nitrogen and oxygen atoms in total. The summed E-state index contributed by atoms with van der Waals surface area (Å²) >= 11 is 0. The van der Waals surface area contributed by atoms with Crippen LogP contribution in [0.1, 0.15) is 45.9 Å². The molecule has 0 aliphatic heterocycles. The van der Waals surface area contributed by atoms with Crippen molar-refractivity contribution in [1.82, 2.24) is 9.88 Å². The van der Waals surface area contributed by atoms with Crippen LogP contribution in [-0.4, -0.2) is 28.5 Å². The van der Waals surface area contributed by atoms with E-state index in [1.54, 1.807) is 0 Å². The first-order valence-corrected chi connectivity index (χ1v) is 6.50. The monoisotopic (exact) mass is 235 g/mol. The predicted octanol–water partition coefficient (Wildman–Crippen LogP) is 2.59. The normalized spacial score (nSPS) is 15.2. The lowest BCUT2D eigenvalue weighted by Gasteiger charge is -2.36. The third kappa shape index (κ3) is 3.79. The third-order valence-corrected chi connectivity index (χ3v) is 2.99. The molecule has 0 aliphatic rings. The van der Waals surface area contributed by atoms with E-state index in [1.807, 2.05) is 18.3 Å². The van der Waals surface area contributed by atoms with Crippen molar-refractivity contribution in [3.63, 3.8) is 0 Å².